The Morgan fingerprint density at radius 2 is 1.32 bits per heavy atom. The first-order chi connectivity index (χ1) is 11.3. The summed E-state index contributed by atoms with van der Waals surface area (Å²) in [7, 11) is 0. The molecule has 25 heavy (non-hydrogen) atoms. The monoisotopic (exact) mass is 379 g/mol. The van der Waals surface area contributed by atoms with Gasteiger partial charge in [0.1, 0.15) is 0 Å². The van der Waals surface area contributed by atoms with Crippen LogP contribution in [-0.4, -0.2) is 29.1 Å². The van der Waals surface area contributed by atoms with Crippen LogP contribution in [0.2, 0.25) is 0 Å². The van der Waals surface area contributed by atoms with E-state index in [1.54, 1.807) is 0 Å². The molecule has 1 aromatic heterocycles. The van der Waals surface area contributed by atoms with Crippen molar-refractivity contribution in [1.82, 2.24) is 9.88 Å². The standard InChI is InChI=1S/C20H25N3.2ClH/c1-4-19(23(5-2)6-3)22-20-15-11-7-9-13-17(15)21-18-14-10-8-12-16(18)20;;/h7-14,19H,4-6H2,1-3H3,(H,21,22);2*1H. The number of nitrogens with zero attached hydrogens (tertiary/aromatic N) is 2. The summed E-state index contributed by atoms with van der Waals surface area (Å²) in [6.45, 7) is 8.76. The second-order valence-electron chi connectivity index (χ2n) is 5.81. The van der Waals surface area contributed by atoms with E-state index in [1.165, 1.54) is 16.5 Å². The number of anilines is 1. The molecule has 0 radical (unpaired) electrons. The number of fused-ring (bicyclic) bond motifs is 2. The molecule has 0 aliphatic heterocycles. The van der Waals surface area contributed by atoms with E-state index in [9.17, 15) is 0 Å². The Morgan fingerprint density at radius 1 is 0.840 bits per heavy atom. The third-order valence-electron chi connectivity index (χ3n) is 4.54. The maximum absolute atomic E-state index is 4.80. The van der Waals surface area contributed by atoms with E-state index in [4.69, 9.17) is 4.98 Å². The highest BCUT2D eigenvalue weighted by molar-refractivity contribution is 6.07. The summed E-state index contributed by atoms with van der Waals surface area (Å²) in [5.41, 5.74) is 3.29. The first kappa shape index (κ1) is 21.5. The van der Waals surface area contributed by atoms with Crippen molar-refractivity contribution in [3.63, 3.8) is 0 Å². The summed E-state index contributed by atoms with van der Waals surface area (Å²) in [6, 6.07) is 16.8. The van der Waals surface area contributed by atoms with Crippen molar-refractivity contribution in [3.8, 4) is 0 Å². The first-order valence-corrected chi connectivity index (χ1v) is 8.56. The molecule has 3 rings (SSSR count). The minimum Gasteiger partial charge on any atom is -0.369 e. The molecule has 3 aromatic rings. The van der Waals surface area contributed by atoms with Crippen molar-refractivity contribution >= 4 is 52.3 Å². The van der Waals surface area contributed by atoms with Crippen LogP contribution in [0.5, 0.6) is 0 Å². The molecular formula is C20H27Cl2N3. The van der Waals surface area contributed by atoms with Crippen molar-refractivity contribution in [2.45, 2.75) is 33.4 Å². The Labute approximate surface area is 162 Å². The number of halogens is 2. The van der Waals surface area contributed by atoms with E-state index in [1.807, 2.05) is 0 Å². The summed E-state index contributed by atoms with van der Waals surface area (Å²) in [4.78, 5) is 7.27. The zero-order valence-corrected chi connectivity index (χ0v) is 16.7. The number of para-hydroxylation sites is 2. The van der Waals surface area contributed by atoms with Crippen LogP contribution in [0.1, 0.15) is 27.2 Å². The van der Waals surface area contributed by atoms with Gasteiger partial charge in [-0.15, -0.1) is 24.8 Å². The van der Waals surface area contributed by atoms with E-state index in [0.717, 1.165) is 30.5 Å². The van der Waals surface area contributed by atoms with Crippen LogP contribution in [-0.2, 0) is 0 Å². The summed E-state index contributed by atoms with van der Waals surface area (Å²) < 4.78 is 0. The minimum atomic E-state index is 0. The molecule has 0 saturated heterocycles. The maximum Gasteiger partial charge on any atom is 0.0790 e. The Hall–Kier alpha value is -1.55. The van der Waals surface area contributed by atoms with Gasteiger partial charge in [0.2, 0.25) is 0 Å². The van der Waals surface area contributed by atoms with Crippen LogP contribution in [0.3, 0.4) is 0 Å². The van der Waals surface area contributed by atoms with Crippen molar-refractivity contribution in [2.75, 3.05) is 18.4 Å². The van der Waals surface area contributed by atoms with Gasteiger partial charge in [-0.1, -0.05) is 57.2 Å². The topological polar surface area (TPSA) is 28.2 Å². The van der Waals surface area contributed by atoms with Gasteiger partial charge in [0.15, 0.2) is 0 Å². The summed E-state index contributed by atoms with van der Waals surface area (Å²) in [5, 5.41) is 6.19. The molecule has 1 N–H and O–H groups in total. The van der Waals surface area contributed by atoms with Crippen LogP contribution >= 0.6 is 24.8 Å². The van der Waals surface area contributed by atoms with E-state index in [2.05, 4.69) is 79.5 Å². The molecule has 0 fully saturated rings. The van der Waals surface area contributed by atoms with Gasteiger partial charge in [0, 0.05) is 10.8 Å². The smallest absolute Gasteiger partial charge is 0.0790 e. The average molecular weight is 380 g/mol. The molecule has 0 aliphatic rings. The molecular weight excluding hydrogens is 353 g/mol. The zero-order valence-electron chi connectivity index (χ0n) is 15.0. The average Bonchev–Trinajstić information content (AvgIpc) is 2.61. The highest BCUT2D eigenvalue weighted by Crippen LogP contribution is 2.31. The van der Waals surface area contributed by atoms with Crippen LogP contribution in [0, 0.1) is 0 Å². The Bertz CT molecular complexity index is 749. The Morgan fingerprint density at radius 3 is 1.76 bits per heavy atom. The van der Waals surface area contributed by atoms with Gasteiger partial charge in [0.25, 0.3) is 0 Å². The van der Waals surface area contributed by atoms with Gasteiger partial charge in [0.05, 0.1) is 22.9 Å². The van der Waals surface area contributed by atoms with Crippen molar-refractivity contribution < 1.29 is 0 Å². The number of pyridine rings is 1. The van der Waals surface area contributed by atoms with E-state index in [0.29, 0.717) is 6.17 Å². The molecule has 0 saturated carbocycles. The van der Waals surface area contributed by atoms with E-state index in [-0.39, 0.29) is 24.8 Å². The lowest BCUT2D eigenvalue weighted by molar-refractivity contribution is 0.233. The fourth-order valence-electron chi connectivity index (χ4n) is 3.28. The molecule has 5 heteroatoms. The summed E-state index contributed by atoms with van der Waals surface area (Å²) >= 11 is 0. The van der Waals surface area contributed by atoms with Gasteiger partial charge in [-0.05, 0) is 31.6 Å². The number of hydrogen-bond donors (Lipinski definition) is 1. The number of benzene rings is 2. The van der Waals surface area contributed by atoms with Crippen LogP contribution in [0.15, 0.2) is 48.5 Å². The quantitative estimate of drug-likeness (QED) is 0.438. The van der Waals surface area contributed by atoms with Crippen LogP contribution in [0.4, 0.5) is 5.69 Å². The number of nitrogens with one attached hydrogen (secondary N) is 1. The van der Waals surface area contributed by atoms with Crippen molar-refractivity contribution in [2.24, 2.45) is 0 Å². The second kappa shape index (κ2) is 9.81. The van der Waals surface area contributed by atoms with Crippen molar-refractivity contribution in [3.05, 3.63) is 48.5 Å². The van der Waals surface area contributed by atoms with E-state index < -0.39 is 0 Å². The number of aromatic nitrogens is 1. The molecule has 0 amide bonds. The fraction of sp³-hybridized carbons (Fsp3) is 0.350. The first-order valence-electron chi connectivity index (χ1n) is 8.56. The van der Waals surface area contributed by atoms with Crippen LogP contribution < -0.4 is 5.32 Å². The summed E-state index contributed by atoms with van der Waals surface area (Å²) in [6.07, 6.45) is 1.39. The lowest BCUT2D eigenvalue weighted by Crippen LogP contribution is -2.40. The van der Waals surface area contributed by atoms with Crippen LogP contribution in [0.25, 0.3) is 21.8 Å². The molecule has 0 spiro atoms. The normalized spacial score (nSPS) is 11.8. The third-order valence-corrected chi connectivity index (χ3v) is 4.54. The highest BCUT2D eigenvalue weighted by Gasteiger charge is 2.16. The Kier molecular flexibility index (Phi) is 8.43. The van der Waals surface area contributed by atoms with Gasteiger partial charge in [-0.2, -0.15) is 0 Å². The molecule has 1 heterocycles. The van der Waals surface area contributed by atoms with Gasteiger partial charge in [-0.3, -0.25) is 4.90 Å². The molecule has 3 nitrogen and oxygen atoms in total. The molecule has 1 atom stereocenters. The molecule has 0 aliphatic carbocycles. The van der Waals surface area contributed by atoms with Crippen molar-refractivity contribution in [1.29, 1.82) is 0 Å². The van der Waals surface area contributed by atoms with Gasteiger partial charge in [-0.25, -0.2) is 4.98 Å². The highest BCUT2D eigenvalue weighted by atomic mass is 35.5. The second-order valence-corrected chi connectivity index (χ2v) is 5.81. The SMILES string of the molecule is CCC(Nc1c2ccccc2nc2ccccc12)N(CC)CC.Cl.Cl. The number of hydrogen-bond acceptors (Lipinski definition) is 3. The summed E-state index contributed by atoms with van der Waals surface area (Å²) in [5.74, 6) is 0. The molecule has 0 bridgehead atoms. The number of rotatable bonds is 6. The van der Waals surface area contributed by atoms with Gasteiger partial charge >= 0.3 is 0 Å². The van der Waals surface area contributed by atoms with E-state index >= 15 is 0 Å². The predicted molar refractivity (Wildman–Crippen MR) is 114 cm³/mol. The third kappa shape index (κ3) is 4.35. The lowest BCUT2D eigenvalue weighted by atomic mass is 10.1. The Balaban J connectivity index is 0.00000156. The predicted octanol–water partition coefficient (Wildman–Crippen LogP) is 5.72. The molecule has 136 valence electrons. The maximum atomic E-state index is 4.80. The molecule has 2 aromatic carbocycles. The zero-order chi connectivity index (χ0) is 16.2. The largest absolute Gasteiger partial charge is 0.369 e. The van der Waals surface area contributed by atoms with Gasteiger partial charge < -0.3 is 5.32 Å². The fourth-order valence-corrected chi connectivity index (χ4v) is 3.28. The molecule has 1 unspecified atom stereocenters. The minimum absolute atomic E-state index is 0. The lowest BCUT2D eigenvalue weighted by Gasteiger charge is -2.31.